The Morgan fingerprint density at radius 3 is 2.57 bits per heavy atom. The van der Waals surface area contributed by atoms with E-state index in [-0.39, 0.29) is 12.6 Å². The fraction of sp³-hybridized carbons (Fsp3) is 0.278. The number of nitrogens with one attached hydrogen (secondary N) is 2. The summed E-state index contributed by atoms with van der Waals surface area (Å²) in [7, 11) is 0. The first kappa shape index (κ1) is 16.8. The molecule has 5 nitrogen and oxygen atoms in total. The molecule has 3 N–H and O–H groups in total. The van der Waals surface area contributed by atoms with Gasteiger partial charge in [0.2, 0.25) is 0 Å². The topological polar surface area (TPSA) is 70.6 Å². The van der Waals surface area contributed by atoms with Gasteiger partial charge in [-0.2, -0.15) is 0 Å². The van der Waals surface area contributed by atoms with Gasteiger partial charge in [0.05, 0.1) is 13.2 Å². The normalized spacial score (nSPS) is 10.2. The summed E-state index contributed by atoms with van der Waals surface area (Å²) in [5.74, 6) is 0.731. The summed E-state index contributed by atoms with van der Waals surface area (Å²) in [6.45, 7) is 3.09. The highest BCUT2D eigenvalue weighted by atomic mass is 16.5. The first-order valence-corrected chi connectivity index (χ1v) is 7.67. The lowest BCUT2D eigenvalue weighted by Crippen LogP contribution is -2.30. The highest BCUT2D eigenvalue weighted by Crippen LogP contribution is 2.17. The number of amides is 2. The summed E-state index contributed by atoms with van der Waals surface area (Å²) >= 11 is 0. The van der Waals surface area contributed by atoms with Crippen molar-refractivity contribution in [2.75, 3.05) is 18.5 Å². The smallest absolute Gasteiger partial charge is 0.319 e. The van der Waals surface area contributed by atoms with E-state index in [0.717, 1.165) is 23.3 Å². The Bertz CT molecular complexity index is 626. The standard InChI is InChI=1S/C18H22N2O3/c1-2-23-17-5-3-4-16(12-17)20-18(22)19-11-10-14-6-8-15(13-21)9-7-14/h3-9,12,21H,2,10-11,13H2,1H3,(H2,19,20,22). The van der Waals surface area contributed by atoms with E-state index in [1.54, 1.807) is 6.07 Å². The van der Waals surface area contributed by atoms with Gasteiger partial charge in [-0.3, -0.25) is 0 Å². The SMILES string of the molecule is CCOc1cccc(NC(=O)NCCc2ccc(CO)cc2)c1. The molecule has 2 aromatic rings. The van der Waals surface area contributed by atoms with Crippen molar-refractivity contribution in [1.82, 2.24) is 5.32 Å². The summed E-state index contributed by atoms with van der Waals surface area (Å²) in [5, 5.41) is 14.6. The molecule has 0 spiro atoms. The van der Waals surface area contributed by atoms with Gasteiger partial charge in [0.25, 0.3) is 0 Å². The molecule has 2 rings (SSSR count). The van der Waals surface area contributed by atoms with Crippen molar-refractivity contribution >= 4 is 11.7 Å². The van der Waals surface area contributed by atoms with Crippen LogP contribution < -0.4 is 15.4 Å². The Labute approximate surface area is 136 Å². The van der Waals surface area contributed by atoms with Crippen LogP contribution in [-0.2, 0) is 13.0 Å². The van der Waals surface area contributed by atoms with E-state index in [1.165, 1.54) is 0 Å². The zero-order chi connectivity index (χ0) is 16.5. The summed E-state index contributed by atoms with van der Waals surface area (Å²) in [5.41, 5.74) is 2.69. The van der Waals surface area contributed by atoms with Gasteiger partial charge in [-0.1, -0.05) is 30.3 Å². The third-order valence-electron chi connectivity index (χ3n) is 3.31. The molecule has 0 saturated heterocycles. The molecule has 0 saturated carbocycles. The van der Waals surface area contributed by atoms with E-state index >= 15 is 0 Å². The van der Waals surface area contributed by atoms with Gasteiger partial charge in [0.15, 0.2) is 0 Å². The maximum Gasteiger partial charge on any atom is 0.319 e. The highest BCUT2D eigenvalue weighted by Gasteiger charge is 2.03. The van der Waals surface area contributed by atoms with Crippen LogP contribution in [0.5, 0.6) is 5.75 Å². The first-order valence-electron chi connectivity index (χ1n) is 7.67. The predicted octanol–water partition coefficient (Wildman–Crippen LogP) is 2.94. The van der Waals surface area contributed by atoms with E-state index < -0.39 is 0 Å². The first-order chi connectivity index (χ1) is 11.2. The second-order valence-corrected chi connectivity index (χ2v) is 5.07. The van der Waals surface area contributed by atoms with E-state index in [2.05, 4.69) is 10.6 Å². The Morgan fingerprint density at radius 1 is 1.13 bits per heavy atom. The van der Waals surface area contributed by atoms with Crippen molar-refractivity contribution in [3.8, 4) is 5.75 Å². The van der Waals surface area contributed by atoms with Crippen LogP contribution in [0.25, 0.3) is 0 Å². The van der Waals surface area contributed by atoms with E-state index in [9.17, 15) is 4.79 Å². The number of rotatable bonds is 7. The van der Waals surface area contributed by atoms with Crippen molar-refractivity contribution in [1.29, 1.82) is 0 Å². The molecule has 0 aliphatic carbocycles. The molecule has 0 atom stereocenters. The van der Waals surface area contributed by atoms with Crippen LogP contribution in [0.1, 0.15) is 18.1 Å². The van der Waals surface area contributed by atoms with Crippen LogP contribution in [-0.4, -0.2) is 24.3 Å². The van der Waals surface area contributed by atoms with Gasteiger partial charge in [0.1, 0.15) is 5.75 Å². The number of hydrogen-bond donors (Lipinski definition) is 3. The number of ether oxygens (including phenoxy) is 1. The van der Waals surface area contributed by atoms with Crippen LogP contribution in [0.15, 0.2) is 48.5 Å². The molecule has 2 amide bonds. The summed E-state index contributed by atoms with van der Waals surface area (Å²) < 4.78 is 5.40. The summed E-state index contributed by atoms with van der Waals surface area (Å²) in [6, 6.07) is 14.7. The van der Waals surface area contributed by atoms with E-state index in [4.69, 9.17) is 9.84 Å². The quantitative estimate of drug-likeness (QED) is 0.736. The van der Waals surface area contributed by atoms with Crippen molar-refractivity contribution in [3.05, 3.63) is 59.7 Å². The largest absolute Gasteiger partial charge is 0.494 e. The van der Waals surface area contributed by atoms with Gasteiger partial charge in [-0.15, -0.1) is 0 Å². The number of carbonyl (C=O) groups excluding carboxylic acids is 1. The maximum absolute atomic E-state index is 11.9. The van der Waals surface area contributed by atoms with Gasteiger partial charge >= 0.3 is 6.03 Å². The lowest BCUT2D eigenvalue weighted by Gasteiger charge is -2.09. The molecule has 0 unspecified atom stereocenters. The van der Waals surface area contributed by atoms with Gasteiger partial charge < -0.3 is 20.5 Å². The molecule has 23 heavy (non-hydrogen) atoms. The lowest BCUT2D eigenvalue weighted by molar-refractivity contribution is 0.252. The summed E-state index contributed by atoms with van der Waals surface area (Å²) in [4.78, 5) is 11.9. The highest BCUT2D eigenvalue weighted by molar-refractivity contribution is 5.89. The van der Waals surface area contributed by atoms with Crippen molar-refractivity contribution < 1.29 is 14.6 Å². The Kier molecular flexibility index (Phi) is 6.44. The monoisotopic (exact) mass is 314 g/mol. The lowest BCUT2D eigenvalue weighted by atomic mass is 10.1. The number of aliphatic hydroxyl groups is 1. The van der Waals surface area contributed by atoms with Crippen LogP contribution in [0.3, 0.4) is 0 Å². The molecule has 0 aromatic heterocycles. The second kappa shape index (κ2) is 8.80. The van der Waals surface area contributed by atoms with Crippen molar-refractivity contribution in [2.45, 2.75) is 20.0 Å². The number of hydrogen-bond acceptors (Lipinski definition) is 3. The van der Waals surface area contributed by atoms with E-state index in [1.807, 2.05) is 49.4 Å². The Balaban J connectivity index is 1.77. The zero-order valence-electron chi connectivity index (χ0n) is 13.2. The van der Waals surface area contributed by atoms with Crippen LogP contribution >= 0.6 is 0 Å². The zero-order valence-corrected chi connectivity index (χ0v) is 13.2. The molecule has 0 aliphatic rings. The minimum Gasteiger partial charge on any atom is -0.494 e. The maximum atomic E-state index is 11.9. The number of benzene rings is 2. The minimum absolute atomic E-state index is 0.0434. The Hall–Kier alpha value is -2.53. The van der Waals surface area contributed by atoms with Gasteiger partial charge in [-0.25, -0.2) is 4.79 Å². The molecular formula is C18H22N2O3. The van der Waals surface area contributed by atoms with Crippen molar-refractivity contribution in [2.24, 2.45) is 0 Å². The fourth-order valence-corrected chi connectivity index (χ4v) is 2.14. The third kappa shape index (κ3) is 5.64. The van der Waals surface area contributed by atoms with Crippen LogP contribution in [0.4, 0.5) is 10.5 Å². The fourth-order valence-electron chi connectivity index (χ4n) is 2.14. The molecule has 0 bridgehead atoms. The molecule has 0 aliphatic heterocycles. The number of aliphatic hydroxyl groups excluding tert-OH is 1. The molecule has 0 heterocycles. The number of urea groups is 1. The van der Waals surface area contributed by atoms with Crippen LogP contribution in [0, 0.1) is 0 Å². The number of anilines is 1. The molecule has 122 valence electrons. The van der Waals surface area contributed by atoms with E-state index in [0.29, 0.717) is 18.8 Å². The molecule has 0 fully saturated rings. The average Bonchev–Trinajstić information content (AvgIpc) is 2.56. The molecular weight excluding hydrogens is 292 g/mol. The van der Waals surface area contributed by atoms with Crippen molar-refractivity contribution in [3.63, 3.8) is 0 Å². The Morgan fingerprint density at radius 2 is 1.87 bits per heavy atom. The predicted molar refractivity (Wildman–Crippen MR) is 90.7 cm³/mol. The minimum atomic E-state index is -0.245. The van der Waals surface area contributed by atoms with Gasteiger partial charge in [0, 0.05) is 18.3 Å². The third-order valence-corrected chi connectivity index (χ3v) is 3.31. The summed E-state index contributed by atoms with van der Waals surface area (Å²) in [6.07, 6.45) is 0.734. The molecule has 5 heteroatoms. The molecule has 0 radical (unpaired) electrons. The van der Waals surface area contributed by atoms with Gasteiger partial charge in [-0.05, 0) is 36.6 Å². The average molecular weight is 314 g/mol. The number of carbonyl (C=O) groups is 1. The second-order valence-electron chi connectivity index (χ2n) is 5.07. The van der Waals surface area contributed by atoms with Crippen LogP contribution in [0.2, 0.25) is 0 Å². The molecule has 2 aromatic carbocycles.